The number of rotatable bonds is 1. The summed E-state index contributed by atoms with van der Waals surface area (Å²) in [4.78, 5) is 30.2. The summed E-state index contributed by atoms with van der Waals surface area (Å²) in [5.74, 6) is -0.579. The van der Waals surface area contributed by atoms with Crippen molar-refractivity contribution in [3.8, 4) is 0 Å². The molecule has 0 unspecified atom stereocenters. The minimum atomic E-state index is -0.440. The van der Waals surface area contributed by atoms with E-state index in [4.69, 9.17) is 23.2 Å². The van der Waals surface area contributed by atoms with Crippen LogP contribution in [0.3, 0.4) is 0 Å². The highest BCUT2D eigenvalue weighted by molar-refractivity contribution is 6.44. The van der Waals surface area contributed by atoms with Crippen molar-refractivity contribution in [1.82, 2.24) is 4.98 Å². The first kappa shape index (κ1) is 14.0. The molecule has 1 aromatic heterocycles. The maximum Gasteiger partial charge on any atom is 0.267 e. The van der Waals surface area contributed by atoms with Gasteiger partial charge in [-0.25, -0.2) is 9.88 Å². The van der Waals surface area contributed by atoms with E-state index in [0.717, 1.165) is 16.2 Å². The molecule has 0 saturated carbocycles. The molecule has 1 aromatic carbocycles. The van der Waals surface area contributed by atoms with Crippen LogP contribution in [0.5, 0.6) is 0 Å². The molecule has 4 nitrogen and oxygen atoms in total. The van der Waals surface area contributed by atoms with Gasteiger partial charge in [-0.2, -0.15) is 0 Å². The van der Waals surface area contributed by atoms with E-state index in [1.165, 1.54) is 12.1 Å². The molecule has 0 fully saturated rings. The van der Waals surface area contributed by atoms with Crippen LogP contribution in [0, 0.1) is 13.8 Å². The monoisotopic (exact) mass is 320 g/mol. The van der Waals surface area contributed by atoms with Crippen molar-refractivity contribution in [2.75, 3.05) is 4.90 Å². The van der Waals surface area contributed by atoms with Crippen molar-refractivity contribution in [2.45, 2.75) is 13.8 Å². The molecule has 2 aromatic rings. The molecular formula is C15H10Cl2N2O2. The van der Waals surface area contributed by atoms with E-state index in [1.54, 1.807) is 6.07 Å². The molecule has 0 atom stereocenters. The lowest BCUT2D eigenvalue weighted by atomic mass is 10.1. The van der Waals surface area contributed by atoms with Crippen molar-refractivity contribution in [3.63, 3.8) is 0 Å². The van der Waals surface area contributed by atoms with Gasteiger partial charge < -0.3 is 0 Å². The average molecular weight is 321 g/mol. The Morgan fingerprint density at radius 2 is 1.48 bits per heavy atom. The summed E-state index contributed by atoms with van der Waals surface area (Å²) >= 11 is 11.8. The van der Waals surface area contributed by atoms with Crippen molar-refractivity contribution in [3.05, 3.63) is 56.7 Å². The van der Waals surface area contributed by atoms with Crippen LogP contribution < -0.4 is 4.90 Å². The minimum absolute atomic E-state index is 0.242. The van der Waals surface area contributed by atoms with E-state index in [-0.39, 0.29) is 21.2 Å². The lowest BCUT2D eigenvalue weighted by Gasteiger charge is -2.13. The highest BCUT2D eigenvalue weighted by atomic mass is 35.5. The van der Waals surface area contributed by atoms with E-state index < -0.39 is 11.8 Å². The van der Waals surface area contributed by atoms with Crippen LogP contribution in [0.15, 0.2) is 24.3 Å². The molecule has 0 spiro atoms. The molecule has 0 aliphatic carbocycles. The number of aryl methyl sites for hydroxylation is 2. The number of fused-ring (bicyclic) bond motifs is 1. The van der Waals surface area contributed by atoms with Crippen molar-refractivity contribution in [1.29, 1.82) is 0 Å². The van der Waals surface area contributed by atoms with Crippen molar-refractivity contribution < 1.29 is 9.59 Å². The Morgan fingerprint density at radius 3 is 1.95 bits per heavy atom. The average Bonchev–Trinajstić information content (AvgIpc) is 2.66. The number of nitrogens with zero attached hydrogens (tertiary/aromatic N) is 2. The Morgan fingerprint density at radius 1 is 0.952 bits per heavy atom. The lowest BCUT2D eigenvalue weighted by Crippen LogP contribution is -2.30. The van der Waals surface area contributed by atoms with E-state index in [9.17, 15) is 9.59 Å². The maximum atomic E-state index is 12.4. The van der Waals surface area contributed by atoms with Gasteiger partial charge in [0.1, 0.15) is 5.82 Å². The van der Waals surface area contributed by atoms with Crippen LogP contribution in [0.25, 0.3) is 0 Å². The molecule has 106 valence electrons. The normalized spacial score (nSPS) is 13.8. The zero-order valence-corrected chi connectivity index (χ0v) is 12.8. The Bertz CT molecular complexity index is 762. The molecular weight excluding hydrogens is 311 g/mol. The number of amides is 2. The van der Waals surface area contributed by atoms with E-state index in [1.807, 2.05) is 19.9 Å². The molecule has 3 rings (SSSR count). The highest BCUT2D eigenvalue weighted by Gasteiger charge is 2.38. The summed E-state index contributed by atoms with van der Waals surface area (Å²) in [5.41, 5.74) is 2.24. The standard InChI is InChI=1S/C15H10Cl2N2O2/c1-7-3-4-13(18-8(7)2)19-14(20)9-5-11(16)12(17)6-10(9)15(19)21/h3-6H,1-2H3. The fourth-order valence-electron chi connectivity index (χ4n) is 2.18. The van der Waals surface area contributed by atoms with Crippen LogP contribution in [0.2, 0.25) is 10.0 Å². The first-order valence-electron chi connectivity index (χ1n) is 6.22. The van der Waals surface area contributed by atoms with E-state index in [0.29, 0.717) is 5.82 Å². The number of anilines is 1. The maximum absolute atomic E-state index is 12.4. The van der Waals surface area contributed by atoms with Crippen molar-refractivity contribution >= 4 is 40.8 Å². The van der Waals surface area contributed by atoms with Gasteiger partial charge in [0.25, 0.3) is 11.8 Å². The number of hydrogen-bond donors (Lipinski definition) is 0. The third-order valence-electron chi connectivity index (χ3n) is 3.49. The van der Waals surface area contributed by atoms with Gasteiger partial charge in [-0.05, 0) is 37.6 Å². The molecule has 0 radical (unpaired) electrons. The molecule has 2 amide bonds. The van der Waals surface area contributed by atoms with Gasteiger partial charge in [-0.1, -0.05) is 29.3 Å². The van der Waals surface area contributed by atoms with E-state index in [2.05, 4.69) is 4.98 Å². The Labute approximate surface area is 131 Å². The third kappa shape index (κ3) is 2.11. The summed E-state index contributed by atoms with van der Waals surface area (Å²) < 4.78 is 0. The molecule has 1 aliphatic rings. The second kappa shape index (κ2) is 4.83. The molecule has 0 saturated heterocycles. The van der Waals surface area contributed by atoms with Gasteiger partial charge in [0.05, 0.1) is 21.2 Å². The third-order valence-corrected chi connectivity index (χ3v) is 4.21. The first-order valence-corrected chi connectivity index (χ1v) is 6.98. The number of halogens is 2. The fraction of sp³-hybridized carbons (Fsp3) is 0.133. The fourth-order valence-corrected chi connectivity index (χ4v) is 2.51. The molecule has 0 N–H and O–H groups in total. The van der Waals surface area contributed by atoms with Crippen LogP contribution in [-0.4, -0.2) is 16.8 Å². The van der Waals surface area contributed by atoms with Gasteiger partial charge in [0, 0.05) is 5.69 Å². The molecule has 0 bridgehead atoms. The van der Waals surface area contributed by atoms with Gasteiger partial charge in [-0.3, -0.25) is 9.59 Å². The Balaban J connectivity index is 2.13. The summed E-state index contributed by atoms with van der Waals surface area (Å²) in [6, 6.07) is 6.30. The molecule has 21 heavy (non-hydrogen) atoms. The van der Waals surface area contributed by atoms with Gasteiger partial charge in [-0.15, -0.1) is 0 Å². The second-order valence-electron chi connectivity index (χ2n) is 4.83. The van der Waals surface area contributed by atoms with Gasteiger partial charge >= 0.3 is 0 Å². The number of aromatic nitrogens is 1. The number of benzene rings is 1. The van der Waals surface area contributed by atoms with Crippen molar-refractivity contribution in [2.24, 2.45) is 0 Å². The molecule has 6 heteroatoms. The van der Waals surface area contributed by atoms with Gasteiger partial charge in [0.15, 0.2) is 0 Å². The molecule has 1 aliphatic heterocycles. The summed E-state index contributed by atoms with van der Waals surface area (Å²) in [5, 5.41) is 0.484. The summed E-state index contributed by atoms with van der Waals surface area (Å²) in [6.07, 6.45) is 0. The number of hydrogen-bond acceptors (Lipinski definition) is 3. The summed E-state index contributed by atoms with van der Waals surface area (Å²) in [6.45, 7) is 3.73. The highest BCUT2D eigenvalue weighted by Crippen LogP contribution is 2.33. The SMILES string of the molecule is Cc1ccc(N2C(=O)c3cc(Cl)c(Cl)cc3C2=O)nc1C. The van der Waals surface area contributed by atoms with Crippen LogP contribution in [0.4, 0.5) is 5.82 Å². The number of carbonyl (C=O) groups is 2. The summed E-state index contributed by atoms with van der Waals surface area (Å²) in [7, 11) is 0. The first-order chi connectivity index (χ1) is 9.90. The zero-order valence-electron chi connectivity index (χ0n) is 11.3. The van der Waals surface area contributed by atoms with Crippen LogP contribution in [0.1, 0.15) is 32.0 Å². The number of carbonyl (C=O) groups excluding carboxylic acids is 2. The molecule has 2 heterocycles. The smallest absolute Gasteiger partial charge is 0.267 e. The number of pyridine rings is 1. The van der Waals surface area contributed by atoms with Gasteiger partial charge in [0.2, 0.25) is 0 Å². The lowest BCUT2D eigenvalue weighted by molar-refractivity contribution is 0.0925. The Hall–Kier alpha value is -1.91. The Kier molecular flexibility index (Phi) is 3.23. The van der Waals surface area contributed by atoms with Crippen LogP contribution >= 0.6 is 23.2 Å². The predicted molar refractivity (Wildman–Crippen MR) is 81.3 cm³/mol. The minimum Gasteiger partial charge on any atom is -0.268 e. The predicted octanol–water partition coefficient (Wildman–Crippen LogP) is 3.81. The quantitative estimate of drug-likeness (QED) is 0.751. The second-order valence-corrected chi connectivity index (χ2v) is 5.64. The topological polar surface area (TPSA) is 50.3 Å². The zero-order chi connectivity index (χ0) is 15.3. The van der Waals surface area contributed by atoms with Crippen LogP contribution in [-0.2, 0) is 0 Å². The number of imide groups is 1. The van der Waals surface area contributed by atoms with E-state index >= 15 is 0 Å². The largest absolute Gasteiger partial charge is 0.268 e.